The minimum Gasteiger partial charge on any atom is -0.408 e. The van der Waals surface area contributed by atoms with Crippen molar-refractivity contribution >= 4 is 11.9 Å². The van der Waals surface area contributed by atoms with Gasteiger partial charge in [0, 0.05) is 5.92 Å². The molecule has 3 rings (SSSR count). The molecule has 1 saturated carbocycles. The lowest BCUT2D eigenvalue weighted by Gasteiger charge is -2.30. The van der Waals surface area contributed by atoms with E-state index in [9.17, 15) is 18.0 Å². The standard InChI is InChI=1S/C11H13F3N4O2/c12-11(13,14)7-4-3-6(8(19)16-7)15-10-18-17-9(20-10)5-1-2-5/h5-7H,1-4H2,(H,15,18)(H,16,19)/t6-,7-/m0/s1. The van der Waals surface area contributed by atoms with Gasteiger partial charge in [0.05, 0.1) is 0 Å². The number of amides is 1. The number of nitrogens with zero attached hydrogens (tertiary/aromatic N) is 2. The number of carbonyl (C=O) groups excluding carboxylic acids is 1. The largest absolute Gasteiger partial charge is 0.408 e. The van der Waals surface area contributed by atoms with Gasteiger partial charge in [-0.25, -0.2) is 0 Å². The molecule has 0 radical (unpaired) electrons. The van der Waals surface area contributed by atoms with Crippen LogP contribution in [0, 0.1) is 0 Å². The zero-order chi connectivity index (χ0) is 14.3. The summed E-state index contributed by atoms with van der Waals surface area (Å²) in [6, 6.07) is -2.48. The molecule has 2 aliphatic rings. The minimum atomic E-state index is -4.41. The molecule has 0 bridgehead atoms. The van der Waals surface area contributed by atoms with E-state index >= 15 is 0 Å². The highest BCUT2D eigenvalue weighted by molar-refractivity contribution is 5.85. The van der Waals surface area contributed by atoms with Gasteiger partial charge in [-0.2, -0.15) is 13.2 Å². The van der Waals surface area contributed by atoms with Crippen LogP contribution < -0.4 is 10.6 Å². The molecule has 0 spiro atoms. The Balaban J connectivity index is 1.59. The maximum atomic E-state index is 12.5. The van der Waals surface area contributed by atoms with Crippen molar-refractivity contribution in [1.29, 1.82) is 0 Å². The van der Waals surface area contributed by atoms with Crippen molar-refractivity contribution in [2.24, 2.45) is 0 Å². The molecular formula is C11H13F3N4O2. The highest BCUT2D eigenvalue weighted by Gasteiger charge is 2.44. The SMILES string of the molecule is O=C1N[C@H](C(F)(F)F)CC[C@@H]1Nc1nnc(C2CC2)o1. The van der Waals surface area contributed by atoms with Crippen LogP contribution in [0.2, 0.25) is 0 Å². The minimum absolute atomic E-state index is 0.0666. The lowest BCUT2D eigenvalue weighted by molar-refractivity contribution is -0.167. The molecule has 2 atom stereocenters. The van der Waals surface area contributed by atoms with E-state index in [2.05, 4.69) is 15.5 Å². The Kier molecular flexibility index (Phi) is 3.06. The second-order valence-electron chi connectivity index (χ2n) is 5.10. The second-order valence-corrected chi connectivity index (χ2v) is 5.10. The average molecular weight is 290 g/mol. The molecule has 110 valence electrons. The molecule has 6 nitrogen and oxygen atoms in total. The van der Waals surface area contributed by atoms with E-state index in [1.165, 1.54) is 0 Å². The predicted octanol–water partition coefficient (Wildman–Crippen LogP) is 1.57. The molecule has 1 saturated heterocycles. The first kappa shape index (κ1) is 13.2. The summed E-state index contributed by atoms with van der Waals surface area (Å²) in [7, 11) is 0. The Labute approximate surface area is 112 Å². The molecule has 1 aliphatic carbocycles. The van der Waals surface area contributed by atoms with Gasteiger partial charge in [0.15, 0.2) is 0 Å². The summed E-state index contributed by atoms with van der Waals surface area (Å²) >= 11 is 0. The van der Waals surface area contributed by atoms with Gasteiger partial charge in [-0.1, -0.05) is 5.10 Å². The van der Waals surface area contributed by atoms with E-state index in [4.69, 9.17) is 4.42 Å². The lowest BCUT2D eigenvalue weighted by Crippen LogP contribution is -2.55. The number of hydrogen-bond acceptors (Lipinski definition) is 5. The summed E-state index contributed by atoms with van der Waals surface area (Å²) in [5.74, 6) is 0.0921. The van der Waals surface area contributed by atoms with Crippen LogP contribution in [0.25, 0.3) is 0 Å². The number of rotatable bonds is 3. The number of piperidine rings is 1. The number of hydrogen-bond donors (Lipinski definition) is 2. The van der Waals surface area contributed by atoms with Gasteiger partial charge in [0.25, 0.3) is 0 Å². The number of carbonyl (C=O) groups is 1. The van der Waals surface area contributed by atoms with Gasteiger partial charge in [0.1, 0.15) is 12.1 Å². The fourth-order valence-electron chi connectivity index (χ4n) is 2.13. The summed E-state index contributed by atoms with van der Waals surface area (Å²) in [6.07, 6.45) is -2.52. The van der Waals surface area contributed by atoms with E-state index < -0.39 is 24.2 Å². The highest BCUT2D eigenvalue weighted by Crippen LogP contribution is 2.39. The van der Waals surface area contributed by atoms with Gasteiger partial charge < -0.3 is 15.1 Å². The molecule has 2 N–H and O–H groups in total. The third kappa shape index (κ3) is 2.70. The topological polar surface area (TPSA) is 80.0 Å². The van der Waals surface area contributed by atoms with E-state index in [1.54, 1.807) is 0 Å². The first-order valence-electron chi connectivity index (χ1n) is 6.40. The summed E-state index contributed by atoms with van der Waals surface area (Å²) < 4.78 is 42.8. The molecule has 1 aliphatic heterocycles. The Morgan fingerprint density at radius 1 is 1.20 bits per heavy atom. The summed E-state index contributed by atoms with van der Waals surface area (Å²) in [5, 5.41) is 12.2. The van der Waals surface area contributed by atoms with Gasteiger partial charge in [-0.15, -0.1) is 5.10 Å². The quantitative estimate of drug-likeness (QED) is 0.883. The lowest BCUT2D eigenvalue weighted by atomic mass is 10.00. The van der Waals surface area contributed by atoms with Gasteiger partial charge >= 0.3 is 12.2 Å². The first-order chi connectivity index (χ1) is 9.43. The van der Waals surface area contributed by atoms with Crippen LogP contribution in [0.15, 0.2) is 4.42 Å². The van der Waals surface area contributed by atoms with Gasteiger partial charge in [-0.05, 0) is 25.7 Å². The molecule has 1 amide bonds. The highest BCUT2D eigenvalue weighted by atomic mass is 19.4. The predicted molar refractivity (Wildman–Crippen MR) is 60.9 cm³/mol. The molecular weight excluding hydrogens is 277 g/mol. The van der Waals surface area contributed by atoms with Crippen molar-refractivity contribution in [3.63, 3.8) is 0 Å². The number of aromatic nitrogens is 2. The van der Waals surface area contributed by atoms with Crippen LogP contribution in [-0.4, -0.2) is 34.4 Å². The molecule has 0 aromatic carbocycles. The van der Waals surface area contributed by atoms with Crippen molar-refractivity contribution in [2.45, 2.75) is 49.9 Å². The second kappa shape index (κ2) is 4.64. The first-order valence-corrected chi connectivity index (χ1v) is 6.40. The van der Waals surface area contributed by atoms with Crippen molar-refractivity contribution in [3.05, 3.63) is 5.89 Å². The van der Waals surface area contributed by atoms with E-state index in [0.717, 1.165) is 12.8 Å². The normalized spacial score (nSPS) is 27.2. The van der Waals surface area contributed by atoms with E-state index in [1.807, 2.05) is 5.32 Å². The Hall–Kier alpha value is -1.80. The molecule has 2 heterocycles. The Morgan fingerprint density at radius 3 is 2.55 bits per heavy atom. The zero-order valence-electron chi connectivity index (χ0n) is 10.4. The molecule has 2 fully saturated rings. The van der Waals surface area contributed by atoms with Crippen LogP contribution in [0.3, 0.4) is 0 Å². The Bertz CT molecular complexity index is 512. The summed E-state index contributed by atoms with van der Waals surface area (Å²) in [5.41, 5.74) is 0. The third-order valence-electron chi connectivity index (χ3n) is 3.44. The molecule has 9 heteroatoms. The summed E-state index contributed by atoms with van der Waals surface area (Å²) in [4.78, 5) is 11.6. The smallest absolute Gasteiger partial charge is 0.408 e. The molecule has 20 heavy (non-hydrogen) atoms. The molecule has 1 aromatic rings. The number of nitrogens with one attached hydrogen (secondary N) is 2. The fourth-order valence-corrected chi connectivity index (χ4v) is 2.13. The van der Waals surface area contributed by atoms with Crippen molar-refractivity contribution in [2.75, 3.05) is 5.32 Å². The maximum Gasteiger partial charge on any atom is 0.408 e. The number of alkyl halides is 3. The average Bonchev–Trinajstić information content (AvgIpc) is 3.11. The molecule has 0 unspecified atom stereocenters. The Morgan fingerprint density at radius 2 is 1.95 bits per heavy atom. The van der Waals surface area contributed by atoms with Crippen molar-refractivity contribution < 1.29 is 22.4 Å². The van der Waals surface area contributed by atoms with Crippen LogP contribution in [-0.2, 0) is 4.79 Å². The van der Waals surface area contributed by atoms with Crippen LogP contribution >= 0.6 is 0 Å². The van der Waals surface area contributed by atoms with Gasteiger partial charge in [0.2, 0.25) is 11.8 Å². The fraction of sp³-hybridized carbons (Fsp3) is 0.727. The van der Waals surface area contributed by atoms with Crippen LogP contribution in [0.4, 0.5) is 19.2 Å². The summed E-state index contributed by atoms with van der Waals surface area (Å²) in [6.45, 7) is 0. The number of anilines is 1. The monoisotopic (exact) mass is 290 g/mol. The third-order valence-corrected chi connectivity index (χ3v) is 3.44. The van der Waals surface area contributed by atoms with Gasteiger partial charge in [-0.3, -0.25) is 4.79 Å². The van der Waals surface area contributed by atoms with Crippen molar-refractivity contribution in [3.8, 4) is 0 Å². The van der Waals surface area contributed by atoms with Crippen LogP contribution in [0.5, 0.6) is 0 Å². The number of halogens is 3. The maximum absolute atomic E-state index is 12.5. The van der Waals surface area contributed by atoms with Crippen LogP contribution in [0.1, 0.15) is 37.5 Å². The zero-order valence-corrected chi connectivity index (χ0v) is 10.4. The van der Waals surface area contributed by atoms with E-state index in [-0.39, 0.29) is 24.8 Å². The molecule has 1 aromatic heterocycles. The van der Waals surface area contributed by atoms with Crippen molar-refractivity contribution in [1.82, 2.24) is 15.5 Å². The van der Waals surface area contributed by atoms with E-state index in [0.29, 0.717) is 5.89 Å².